The molecule has 7 nitrogen and oxygen atoms in total. The van der Waals surface area contributed by atoms with E-state index in [1.54, 1.807) is 13.3 Å². The van der Waals surface area contributed by atoms with Crippen molar-refractivity contribution in [1.29, 1.82) is 5.26 Å². The van der Waals surface area contributed by atoms with E-state index in [0.717, 1.165) is 50.6 Å². The van der Waals surface area contributed by atoms with E-state index in [9.17, 15) is 4.79 Å². The third-order valence-electron chi connectivity index (χ3n) is 7.25. The minimum Gasteiger partial charge on any atom is -0.497 e. The molecule has 4 heterocycles. The molecule has 3 aliphatic rings. The highest BCUT2D eigenvalue weighted by Gasteiger charge is 2.46. The van der Waals surface area contributed by atoms with Crippen molar-refractivity contribution < 1.29 is 9.53 Å². The second-order valence-electron chi connectivity index (χ2n) is 9.25. The zero-order chi connectivity index (χ0) is 22.2. The van der Waals surface area contributed by atoms with Gasteiger partial charge in [0.05, 0.1) is 25.3 Å². The first-order valence-corrected chi connectivity index (χ1v) is 11.4. The van der Waals surface area contributed by atoms with Crippen molar-refractivity contribution in [2.24, 2.45) is 5.92 Å². The maximum Gasteiger partial charge on any atom is 0.236 e. The maximum atomic E-state index is 13.2. The molecule has 1 amide bonds. The van der Waals surface area contributed by atoms with Crippen molar-refractivity contribution in [2.75, 3.05) is 38.2 Å². The van der Waals surface area contributed by atoms with Crippen LogP contribution in [0.5, 0.6) is 5.75 Å². The summed E-state index contributed by atoms with van der Waals surface area (Å²) in [6.07, 6.45) is 3.67. The Hall–Kier alpha value is -3.11. The number of benzene rings is 1. The molecule has 32 heavy (non-hydrogen) atoms. The number of piperazine rings is 1. The zero-order valence-electron chi connectivity index (χ0n) is 18.7. The average molecular weight is 432 g/mol. The number of rotatable bonds is 4. The topological polar surface area (TPSA) is 72.7 Å². The number of fused-ring (bicyclic) bond motifs is 3. The van der Waals surface area contributed by atoms with Crippen LogP contribution in [-0.4, -0.2) is 66.1 Å². The van der Waals surface area contributed by atoms with Gasteiger partial charge in [0.15, 0.2) is 0 Å². The highest BCUT2D eigenvalue weighted by molar-refractivity contribution is 5.79. The minimum absolute atomic E-state index is 0.216. The highest BCUT2D eigenvalue weighted by Crippen LogP contribution is 2.37. The minimum atomic E-state index is 0.216. The quantitative estimate of drug-likeness (QED) is 0.741. The number of likely N-dealkylation sites (tertiary alicyclic amines) is 1. The van der Waals surface area contributed by atoms with Crippen molar-refractivity contribution in [2.45, 2.75) is 38.4 Å². The molecule has 1 aromatic carbocycles. The van der Waals surface area contributed by atoms with Gasteiger partial charge in [-0.15, -0.1) is 0 Å². The number of ether oxygens (including phenoxy) is 1. The smallest absolute Gasteiger partial charge is 0.236 e. The van der Waals surface area contributed by atoms with Crippen molar-refractivity contribution in [1.82, 2.24) is 14.8 Å². The maximum absolute atomic E-state index is 13.2. The lowest BCUT2D eigenvalue weighted by Gasteiger charge is -2.43. The molecule has 2 unspecified atom stereocenters. The largest absolute Gasteiger partial charge is 0.497 e. The lowest BCUT2D eigenvalue weighted by molar-refractivity contribution is -0.133. The van der Waals surface area contributed by atoms with Crippen LogP contribution in [-0.2, 0) is 17.8 Å². The van der Waals surface area contributed by atoms with Crippen LogP contribution in [0.4, 0.5) is 5.82 Å². The van der Waals surface area contributed by atoms with Gasteiger partial charge >= 0.3 is 0 Å². The van der Waals surface area contributed by atoms with Crippen molar-refractivity contribution >= 4 is 11.7 Å². The number of methoxy groups -OCH3 is 1. The second-order valence-corrected chi connectivity index (χ2v) is 9.25. The fourth-order valence-corrected chi connectivity index (χ4v) is 5.54. The number of hydrogen-bond donors (Lipinski definition) is 0. The first-order valence-electron chi connectivity index (χ1n) is 11.4. The predicted octanol–water partition coefficient (Wildman–Crippen LogP) is 2.45. The number of anilines is 1. The van der Waals surface area contributed by atoms with E-state index in [2.05, 4.69) is 44.8 Å². The Labute approximate surface area is 189 Å². The Morgan fingerprint density at radius 1 is 1.25 bits per heavy atom. The summed E-state index contributed by atoms with van der Waals surface area (Å²) in [6, 6.07) is 12.7. The van der Waals surface area contributed by atoms with E-state index in [1.165, 1.54) is 11.1 Å². The molecular weight excluding hydrogens is 402 g/mol. The van der Waals surface area contributed by atoms with E-state index in [4.69, 9.17) is 10.00 Å². The molecule has 0 N–H and O–H groups in total. The molecule has 166 valence electrons. The summed E-state index contributed by atoms with van der Waals surface area (Å²) >= 11 is 0. The molecule has 0 radical (unpaired) electrons. The SMILES string of the molecule is COc1ccc2c(c1)CN(CC(=O)N1CC3C[C@H](C)C(C1)N3c1ccc(C#N)cn1)CC2. The summed E-state index contributed by atoms with van der Waals surface area (Å²) in [6.45, 7) is 5.89. The summed E-state index contributed by atoms with van der Waals surface area (Å²) in [4.78, 5) is 24.5. The van der Waals surface area contributed by atoms with Gasteiger partial charge < -0.3 is 14.5 Å². The summed E-state index contributed by atoms with van der Waals surface area (Å²) in [5, 5.41) is 9.05. The summed E-state index contributed by atoms with van der Waals surface area (Å²) in [5.41, 5.74) is 3.18. The molecule has 1 aromatic heterocycles. The molecule has 0 saturated carbocycles. The van der Waals surface area contributed by atoms with Crippen LogP contribution in [0.1, 0.15) is 30.0 Å². The lowest BCUT2D eigenvalue weighted by Crippen LogP contribution is -2.58. The van der Waals surface area contributed by atoms with Crippen molar-refractivity contribution in [3.05, 3.63) is 53.2 Å². The number of carbonyl (C=O) groups excluding carboxylic acids is 1. The van der Waals surface area contributed by atoms with E-state index < -0.39 is 0 Å². The third-order valence-corrected chi connectivity index (χ3v) is 7.25. The first kappa shape index (κ1) is 20.8. The van der Waals surface area contributed by atoms with Gasteiger partial charge in [0, 0.05) is 38.4 Å². The number of aromatic nitrogens is 1. The normalized spacial score (nSPS) is 24.7. The molecule has 2 saturated heterocycles. The number of carbonyl (C=O) groups is 1. The van der Waals surface area contributed by atoms with Gasteiger partial charge in [-0.25, -0.2) is 4.98 Å². The number of nitriles is 1. The Bertz CT molecular complexity index is 1050. The number of pyridine rings is 1. The van der Waals surface area contributed by atoms with Gasteiger partial charge in [0.1, 0.15) is 17.6 Å². The molecule has 3 atom stereocenters. The van der Waals surface area contributed by atoms with Crippen LogP contribution >= 0.6 is 0 Å². The Morgan fingerprint density at radius 2 is 2.12 bits per heavy atom. The van der Waals surface area contributed by atoms with Gasteiger partial charge in [0.25, 0.3) is 0 Å². The standard InChI is InChI=1S/C25H29N5O2/c1-17-9-21-14-29(15-23(17)30(21)24-6-3-18(11-26)12-27-24)25(31)16-28-8-7-19-4-5-22(32-2)10-20(19)13-28/h3-6,10,12,17,21,23H,7-9,13-16H2,1-2H3/t17-,21?,23?/m0/s1. The number of nitrogens with zero attached hydrogens (tertiary/aromatic N) is 5. The summed E-state index contributed by atoms with van der Waals surface area (Å²) in [7, 11) is 1.69. The second kappa shape index (κ2) is 8.44. The van der Waals surface area contributed by atoms with Gasteiger partial charge in [0.2, 0.25) is 5.91 Å². The fraction of sp³-hybridized carbons (Fsp3) is 0.480. The van der Waals surface area contributed by atoms with Crippen LogP contribution in [0.3, 0.4) is 0 Å². The summed E-state index contributed by atoms with van der Waals surface area (Å²) in [5.74, 6) is 2.50. The van der Waals surface area contributed by atoms with Crippen LogP contribution in [0.25, 0.3) is 0 Å². The predicted molar refractivity (Wildman–Crippen MR) is 121 cm³/mol. The molecular formula is C25H29N5O2. The molecule has 0 aliphatic carbocycles. The highest BCUT2D eigenvalue weighted by atomic mass is 16.5. The van der Waals surface area contributed by atoms with Gasteiger partial charge in [-0.1, -0.05) is 13.0 Å². The Morgan fingerprint density at radius 3 is 2.84 bits per heavy atom. The number of amides is 1. The van der Waals surface area contributed by atoms with Gasteiger partial charge in [-0.05, 0) is 54.2 Å². The van der Waals surface area contributed by atoms with E-state index >= 15 is 0 Å². The zero-order valence-corrected chi connectivity index (χ0v) is 18.7. The Balaban J connectivity index is 1.25. The van der Waals surface area contributed by atoms with Crippen LogP contribution in [0, 0.1) is 17.2 Å². The summed E-state index contributed by atoms with van der Waals surface area (Å²) < 4.78 is 5.37. The fourth-order valence-electron chi connectivity index (χ4n) is 5.54. The lowest BCUT2D eigenvalue weighted by atomic mass is 9.99. The van der Waals surface area contributed by atoms with E-state index in [0.29, 0.717) is 18.0 Å². The van der Waals surface area contributed by atoms with Crippen LogP contribution in [0.2, 0.25) is 0 Å². The molecule has 2 fully saturated rings. The van der Waals surface area contributed by atoms with Gasteiger partial charge in [-0.2, -0.15) is 5.26 Å². The van der Waals surface area contributed by atoms with Gasteiger partial charge in [-0.3, -0.25) is 9.69 Å². The molecule has 2 bridgehead atoms. The number of hydrogen-bond acceptors (Lipinski definition) is 6. The van der Waals surface area contributed by atoms with Crippen molar-refractivity contribution in [3.63, 3.8) is 0 Å². The molecule has 3 aliphatic heterocycles. The Kier molecular flexibility index (Phi) is 5.48. The molecule has 2 aromatic rings. The first-order chi connectivity index (χ1) is 15.6. The van der Waals surface area contributed by atoms with Crippen LogP contribution < -0.4 is 9.64 Å². The van der Waals surface area contributed by atoms with E-state index in [-0.39, 0.29) is 18.0 Å². The monoisotopic (exact) mass is 431 g/mol. The van der Waals surface area contributed by atoms with Crippen LogP contribution in [0.15, 0.2) is 36.5 Å². The molecule has 5 rings (SSSR count). The van der Waals surface area contributed by atoms with E-state index in [1.807, 2.05) is 18.2 Å². The van der Waals surface area contributed by atoms with Crippen molar-refractivity contribution in [3.8, 4) is 11.8 Å². The third kappa shape index (κ3) is 3.80. The average Bonchev–Trinajstić information content (AvgIpc) is 3.02. The molecule has 7 heteroatoms. The molecule has 0 spiro atoms.